The normalized spacial score (nSPS) is 27.6. The van der Waals surface area contributed by atoms with Crippen LogP contribution in [0.2, 0.25) is 0 Å². The van der Waals surface area contributed by atoms with E-state index in [1.807, 2.05) is 12.1 Å². The van der Waals surface area contributed by atoms with Crippen LogP contribution in [0.3, 0.4) is 0 Å². The molecule has 35 heavy (non-hydrogen) atoms. The number of hydrogen-bond donors (Lipinski definition) is 2. The molecule has 186 valence electrons. The van der Waals surface area contributed by atoms with Gasteiger partial charge in [-0.25, -0.2) is 0 Å². The fourth-order valence-corrected chi connectivity index (χ4v) is 6.01. The summed E-state index contributed by atoms with van der Waals surface area (Å²) in [4.78, 5) is 38.3. The number of carbonyl (C=O) groups is 3. The maximum absolute atomic E-state index is 12.9. The van der Waals surface area contributed by atoms with Crippen molar-refractivity contribution in [3.8, 4) is 11.8 Å². The molecule has 0 bridgehead atoms. The monoisotopic (exact) mass is 478 g/mol. The topological polar surface area (TPSA) is 112 Å². The Morgan fingerprint density at radius 3 is 2.71 bits per heavy atom. The second kappa shape index (κ2) is 9.98. The van der Waals surface area contributed by atoms with Crippen LogP contribution in [-0.4, -0.2) is 47.4 Å². The van der Waals surface area contributed by atoms with Gasteiger partial charge in [-0.05, 0) is 81.7 Å². The molecule has 3 amide bonds. The van der Waals surface area contributed by atoms with E-state index in [0.29, 0.717) is 18.5 Å². The minimum atomic E-state index is -0.607. The minimum absolute atomic E-state index is 0.0683. The summed E-state index contributed by atoms with van der Waals surface area (Å²) in [7, 11) is 0. The summed E-state index contributed by atoms with van der Waals surface area (Å²) >= 11 is 0. The van der Waals surface area contributed by atoms with Gasteiger partial charge in [0.1, 0.15) is 17.9 Å². The molecule has 2 N–H and O–H groups in total. The van der Waals surface area contributed by atoms with Crippen molar-refractivity contribution in [3.05, 3.63) is 29.3 Å². The first-order valence-electron chi connectivity index (χ1n) is 13.1. The first-order chi connectivity index (χ1) is 17.0. The number of nitrogens with one attached hydrogen (secondary N) is 2. The van der Waals surface area contributed by atoms with E-state index in [1.165, 1.54) is 12.8 Å². The van der Waals surface area contributed by atoms with Crippen LogP contribution in [0.5, 0.6) is 5.75 Å². The highest BCUT2D eigenvalue weighted by Gasteiger charge is 2.39. The lowest BCUT2D eigenvalue weighted by molar-refractivity contribution is -0.136. The molecule has 0 radical (unpaired) electrons. The smallest absolute Gasteiger partial charge is 0.255 e. The average molecular weight is 479 g/mol. The Balaban J connectivity index is 1.18. The molecule has 1 aromatic rings. The third-order valence-electron chi connectivity index (χ3n) is 8.27. The van der Waals surface area contributed by atoms with E-state index in [0.717, 1.165) is 62.8 Å². The standard InChI is InChI=1S/C27H34N4O4/c28-17-27(11-3-12-27)13-4-14-29-21-5-1-2-6-23(21)35-19-7-8-20-18(15-19)16-31(26(20)34)22-9-10-24(32)30-25(22)33/h7-8,15,21-23,29H,1-6,9-14,16H2,(H,30,32,33)/t21-,22?,23+/m1/s1. The van der Waals surface area contributed by atoms with E-state index in [9.17, 15) is 19.6 Å². The molecule has 2 aliphatic carbocycles. The summed E-state index contributed by atoms with van der Waals surface area (Å²) in [5.41, 5.74) is 1.39. The molecule has 3 fully saturated rings. The maximum Gasteiger partial charge on any atom is 0.255 e. The van der Waals surface area contributed by atoms with Gasteiger partial charge in [-0.3, -0.25) is 19.7 Å². The molecule has 3 atom stereocenters. The number of rotatable bonds is 8. The highest BCUT2D eigenvalue weighted by molar-refractivity contribution is 6.05. The Kier molecular flexibility index (Phi) is 6.79. The number of imide groups is 1. The molecule has 0 aromatic heterocycles. The molecule has 8 heteroatoms. The fraction of sp³-hybridized carbons (Fsp3) is 0.630. The van der Waals surface area contributed by atoms with Gasteiger partial charge in [0.05, 0.1) is 11.5 Å². The van der Waals surface area contributed by atoms with Gasteiger partial charge in [0.15, 0.2) is 0 Å². The zero-order chi connectivity index (χ0) is 24.4. The lowest BCUT2D eigenvalue weighted by Crippen LogP contribution is -2.52. The van der Waals surface area contributed by atoms with Gasteiger partial charge in [0.2, 0.25) is 11.8 Å². The van der Waals surface area contributed by atoms with Crippen LogP contribution in [0.4, 0.5) is 0 Å². The summed E-state index contributed by atoms with van der Waals surface area (Å²) in [5.74, 6) is -0.0968. The van der Waals surface area contributed by atoms with Crippen molar-refractivity contribution < 1.29 is 19.1 Å². The highest BCUT2D eigenvalue weighted by Crippen LogP contribution is 2.44. The van der Waals surface area contributed by atoms with Crippen molar-refractivity contribution >= 4 is 17.7 Å². The average Bonchev–Trinajstić information content (AvgIpc) is 3.14. The highest BCUT2D eigenvalue weighted by atomic mass is 16.5. The van der Waals surface area contributed by atoms with Crippen LogP contribution in [0.15, 0.2) is 18.2 Å². The molecule has 5 rings (SSSR count). The van der Waals surface area contributed by atoms with E-state index in [-0.39, 0.29) is 35.8 Å². The predicted molar refractivity (Wildman–Crippen MR) is 128 cm³/mol. The molecule has 2 saturated carbocycles. The first kappa shape index (κ1) is 23.8. The number of hydrogen-bond acceptors (Lipinski definition) is 6. The van der Waals surface area contributed by atoms with Gasteiger partial charge in [0.25, 0.3) is 5.91 Å². The molecular weight excluding hydrogens is 444 g/mol. The maximum atomic E-state index is 12.9. The summed E-state index contributed by atoms with van der Waals surface area (Å²) in [6.07, 6.45) is 10.3. The second-order valence-corrected chi connectivity index (χ2v) is 10.6. The molecular formula is C27H34N4O4. The van der Waals surface area contributed by atoms with Crippen LogP contribution in [-0.2, 0) is 16.1 Å². The van der Waals surface area contributed by atoms with Crippen LogP contribution in [0, 0.1) is 16.7 Å². The lowest BCUT2D eigenvalue weighted by Gasteiger charge is -2.36. The van der Waals surface area contributed by atoms with Gasteiger partial charge in [-0.1, -0.05) is 12.8 Å². The van der Waals surface area contributed by atoms with Crippen LogP contribution < -0.4 is 15.4 Å². The van der Waals surface area contributed by atoms with Crippen LogP contribution in [0.25, 0.3) is 0 Å². The van der Waals surface area contributed by atoms with Crippen molar-refractivity contribution in [3.63, 3.8) is 0 Å². The molecule has 1 unspecified atom stereocenters. The Morgan fingerprint density at radius 1 is 1.14 bits per heavy atom. The molecule has 1 aromatic carbocycles. The zero-order valence-corrected chi connectivity index (χ0v) is 20.2. The number of benzene rings is 1. The molecule has 1 saturated heterocycles. The van der Waals surface area contributed by atoms with Gasteiger partial charge >= 0.3 is 0 Å². The number of nitrogens with zero attached hydrogens (tertiary/aromatic N) is 2. The van der Waals surface area contributed by atoms with Crippen molar-refractivity contribution in [1.29, 1.82) is 5.26 Å². The largest absolute Gasteiger partial charge is 0.489 e. The Labute approximate surface area is 206 Å². The number of nitriles is 1. The Morgan fingerprint density at radius 2 is 1.97 bits per heavy atom. The number of piperidine rings is 1. The minimum Gasteiger partial charge on any atom is -0.489 e. The Hall–Kier alpha value is -2.92. The summed E-state index contributed by atoms with van der Waals surface area (Å²) < 4.78 is 6.43. The van der Waals surface area contributed by atoms with Gasteiger partial charge in [-0.15, -0.1) is 0 Å². The van der Waals surface area contributed by atoms with Gasteiger partial charge in [0, 0.05) is 24.6 Å². The third-order valence-corrected chi connectivity index (χ3v) is 8.27. The SMILES string of the molecule is N#CC1(CCCN[C@@H]2CCCC[C@@H]2Oc2ccc3c(c2)CN(C2CCC(=O)NC2=O)C3=O)CCC1. The van der Waals surface area contributed by atoms with E-state index in [4.69, 9.17) is 4.74 Å². The number of amides is 3. The summed E-state index contributed by atoms with van der Waals surface area (Å²) in [6, 6.07) is 7.77. The van der Waals surface area contributed by atoms with Gasteiger partial charge in [-0.2, -0.15) is 5.26 Å². The molecule has 2 aliphatic heterocycles. The first-order valence-corrected chi connectivity index (χ1v) is 13.1. The van der Waals surface area contributed by atoms with Crippen LogP contribution >= 0.6 is 0 Å². The van der Waals surface area contributed by atoms with E-state index < -0.39 is 11.9 Å². The van der Waals surface area contributed by atoms with Crippen molar-refractivity contribution in [2.45, 2.75) is 95.4 Å². The molecule has 2 heterocycles. The molecule has 8 nitrogen and oxygen atoms in total. The van der Waals surface area contributed by atoms with Crippen molar-refractivity contribution in [2.24, 2.45) is 5.41 Å². The zero-order valence-electron chi connectivity index (χ0n) is 20.2. The van der Waals surface area contributed by atoms with E-state index in [1.54, 1.807) is 11.0 Å². The molecule has 4 aliphatic rings. The third kappa shape index (κ3) is 4.92. The Bertz CT molecular complexity index is 1040. The van der Waals surface area contributed by atoms with Gasteiger partial charge < -0.3 is 15.0 Å². The second-order valence-electron chi connectivity index (χ2n) is 10.6. The number of ether oxygens (including phenoxy) is 1. The summed E-state index contributed by atoms with van der Waals surface area (Å²) in [6.45, 7) is 1.25. The predicted octanol–water partition coefficient (Wildman–Crippen LogP) is 3.20. The van der Waals surface area contributed by atoms with Crippen LogP contribution in [0.1, 0.15) is 86.6 Å². The number of carbonyl (C=O) groups excluding carboxylic acids is 3. The summed E-state index contributed by atoms with van der Waals surface area (Å²) in [5, 5.41) is 15.5. The van der Waals surface area contributed by atoms with Crippen molar-refractivity contribution in [2.75, 3.05) is 6.54 Å². The quantitative estimate of drug-likeness (QED) is 0.438. The van der Waals surface area contributed by atoms with E-state index in [2.05, 4.69) is 16.7 Å². The lowest BCUT2D eigenvalue weighted by atomic mass is 9.67. The van der Waals surface area contributed by atoms with E-state index >= 15 is 0 Å². The number of fused-ring (bicyclic) bond motifs is 1. The molecule has 0 spiro atoms. The fourth-order valence-electron chi connectivity index (χ4n) is 6.01. The van der Waals surface area contributed by atoms with Crippen molar-refractivity contribution in [1.82, 2.24) is 15.5 Å².